The second-order valence-corrected chi connectivity index (χ2v) is 5.59. The molecule has 0 fully saturated rings. The van der Waals surface area contributed by atoms with Crippen LogP contribution in [0.25, 0.3) is 0 Å². The minimum absolute atomic E-state index is 0.692. The van der Waals surface area contributed by atoms with Gasteiger partial charge in [-0.2, -0.15) is 0 Å². The van der Waals surface area contributed by atoms with E-state index >= 15 is 0 Å². The number of thioether (sulfide) groups is 1. The SMILES string of the molecule is C=CCSc1ccccc1NCc1cccc(OCC)c1. The molecule has 0 bridgehead atoms. The largest absolute Gasteiger partial charge is 0.494 e. The molecule has 0 aliphatic carbocycles. The van der Waals surface area contributed by atoms with Gasteiger partial charge in [0.1, 0.15) is 5.75 Å². The van der Waals surface area contributed by atoms with Gasteiger partial charge >= 0.3 is 0 Å². The van der Waals surface area contributed by atoms with Crippen LogP contribution in [0.1, 0.15) is 12.5 Å². The lowest BCUT2D eigenvalue weighted by molar-refractivity contribution is 0.340. The van der Waals surface area contributed by atoms with E-state index in [1.54, 1.807) is 11.8 Å². The number of hydrogen-bond donors (Lipinski definition) is 1. The molecule has 0 saturated heterocycles. The van der Waals surface area contributed by atoms with E-state index in [1.165, 1.54) is 10.5 Å². The van der Waals surface area contributed by atoms with Crippen LogP contribution in [0.4, 0.5) is 5.69 Å². The Morgan fingerprint density at radius 3 is 2.86 bits per heavy atom. The van der Waals surface area contributed by atoms with Gasteiger partial charge in [0.15, 0.2) is 0 Å². The van der Waals surface area contributed by atoms with E-state index in [9.17, 15) is 0 Å². The van der Waals surface area contributed by atoms with Crippen LogP contribution in [0.2, 0.25) is 0 Å². The Balaban J connectivity index is 2.02. The average Bonchev–Trinajstić information content (AvgIpc) is 2.52. The summed E-state index contributed by atoms with van der Waals surface area (Å²) in [6.45, 7) is 7.25. The third-order valence-corrected chi connectivity index (χ3v) is 4.01. The topological polar surface area (TPSA) is 21.3 Å². The number of rotatable bonds is 8. The van der Waals surface area contributed by atoms with Crippen LogP contribution in [0, 0.1) is 0 Å². The maximum Gasteiger partial charge on any atom is 0.119 e. The van der Waals surface area contributed by atoms with Crippen LogP contribution in [0.15, 0.2) is 66.1 Å². The van der Waals surface area contributed by atoms with Gasteiger partial charge in [0.05, 0.1) is 6.61 Å². The van der Waals surface area contributed by atoms with Gasteiger partial charge in [-0.05, 0) is 36.8 Å². The smallest absolute Gasteiger partial charge is 0.119 e. The quantitative estimate of drug-likeness (QED) is 0.549. The summed E-state index contributed by atoms with van der Waals surface area (Å²) in [6, 6.07) is 16.6. The van der Waals surface area contributed by atoms with E-state index in [4.69, 9.17) is 4.74 Å². The van der Waals surface area contributed by atoms with Crippen LogP contribution >= 0.6 is 11.8 Å². The second-order valence-electron chi connectivity index (χ2n) is 4.53. The summed E-state index contributed by atoms with van der Waals surface area (Å²) in [5, 5.41) is 3.50. The lowest BCUT2D eigenvalue weighted by Crippen LogP contribution is -2.01. The molecule has 0 amide bonds. The molecule has 2 aromatic carbocycles. The molecule has 0 saturated carbocycles. The van der Waals surface area contributed by atoms with Crippen molar-refractivity contribution in [2.45, 2.75) is 18.4 Å². The zero-order valence-corrected chi connectivity index (χ0v) is 13.2. The monoisotopic (exact) mass is 299 g/mol. The number of anilines is 1. The molecule has 110 valence electrons. The standard InChI is InChI=1S/C18H21NOS/c1-3-12-21-18-11-6-5-10-17(18)19-14-15-8-7-9-16(13-15)20-4-2/h3,5-11,13,19H,1,4,12,14H2,2H3. The molecule has 0 aliphatic heterocycles. The van der Waals surface area contributed by atoms with E-state index in [0.29, 0.717) is 6.61 Å². The highest BCUT2D eigenvalue weighted by Gasteiger charge is 2.02. The lowest BCUT2D eigenvalue weighted by Gasteiger charge is -2.12. The van der Waals surface area contributed by atoms with Crippen LogP contribution < -0.4 is 10.1 Å². The Morgan fingerprint density at radius 2 is 2.05 bits per heavy atom. The van der Waals surface area contributed by atoms with Crippen LogP contribution in [-0.2, 0) is 6.54 Å². The number of ether oxygens (including phenoxy) is 1. The number of para-hydroxylation sites is 1. The van der Waals surface area contributed by atoms with Gasteiger partial charge in [0.25, 0.3) is 0 Å². The molecule has 0 spiro atoms. The number of benzene rings is 2. The Morgan fingerprint density at radius 1 is 1.19 bits per heavy atom. The van der Waals surface area contributed by atoms with Gasteiger partial charge in [-0.3, -0.25) is 0 Å². The van der Waals surface area contributed by atoms with Crippen molar-refractivity contribution < 1.29 is 4.74 Å². The van der Waals surface area contributed by atoms with Crippen molar-refractivity contribution in [3.8, 4) is 5.75 Å². The number of nitrogens with one attached hydrogen (secondary N) is 1. The molecule has 0 radical (unpaired) electrons. The maximum absolute atomic E-state index is 5.53. The minimum atomic E-state index is 0.692. The first-order valence-corrected chi connectivity index (χ1v) is 8.10. The molecule has 21 heavy (non-hydrogen) atoms. The Kier molecular flexibility index (Phi) is 6.22. The fourth-order valence-corrected chi connectivity index (χ4v) is 2.76. The summed E-state index contributed by atoms with van der Waals surface area (Å²) in [6.07, 6.45) is 1.92. The Hall–Kier alpha value is -1.87. The normalized spacial score (nSPS) is 10.1. The van der Waals surface area contributed by atoms with Crippen molar-refractivity contribution in [1.29, 1.82) is 0 Å². The summed E-state index contributed by atoms with van der Waals surface area (Å²) < 4.78 is 5.53. The van der Waals surface area contributed by atoms with Gasteiger partial charge < -0.3 is 10.1 Å². The van der Waals surface area contributed by atoms with Gasteiger partial charge in [0.2, 0.25) is 0 Å². The lowest BCUT2D eigenvalue weighted by atomic mass is 10.2. The first-order valence-electron chi connectivity index (χ1n) is 7.12. The molecule has 2 rings (SSSR count). The van der Waals surface area contributed by atoms with Gasteiger partial charge in [-0.1, -0.05) is 30.3 Å². The highest BCUT2D eigenvalue weighted by atomic mass is 32.2. The molecule has 2 nitrogen and oxygen atoms in total. The summed E-state index contributed by atoms with van der Waals surface area (Å²) in [4.78, 5) is 1.25. The maximum atomic E-state index is 5.53. The Labute approximate surface area is 131 Å². The highest BCUT2D eigenvalue weighted by molar-refractivity contribution is 7.99. The molecule has 1 N–H and O–H groups in total. The van der Waals surface area contributed by atoms with E-state index in [0.717, 1.165) is 23.7 Å². The molecule has 2 aromatic rings. The van der Waals surface area contributed by atoms with E-state index < -0.39 is 0 Å². The van der Waals surface area contributed by atoms with E-state index in [1.807, 2.05) is 25.1 Å². The third kappa shape index (κ3) is 4.87. The molecule has 3 heteroatoms. The second kappa shape index (κ2) is 8.42. The minimum Gasteiger partial charge on any atom is -0.494 e. The average molecular weight is 299 g/mol. The van der Waals surface area contributed by atoms with Crippen LogP contribution in [-0.4, -0.2) is 12.4 Å². The predicted molar refractivity (Wildman–Crippen MR) is 92.3 cm³/mol. The molecular formula is C18H21NOS. The van der Waals surface area contributed by atoms with Gasteiger partial charge in [-0.15, -0.1) is 18.3 Å². The van der Waals surface area contributed by atoms with E-state index in [2.05, 4.69) is 48.3 Å². The van der Waals surface area contributed by atoms with Crippen molar-refractivity contribution in [2.75, 3.05) is 17.7 Å². The van der Waals surface area contributed by atoms with Gasteiger partial charge in [-0.25, -0.2) is 0 Å². The summed E-state index contributed by atoms with van der Waals surface area (Å²) in [5.74, 6) is 1.84. The zero-order chi connectivity index (χ0) is 14.9. The number of hydrogen-bond acceptors (Lipinski definition) is 3. The van der Waals surface area contributed by atoms with Crippen molar-refractivity contribution >= 4 is 17.4 Å². The van der Waals surface area contributed by atoms with Crippen molar-refractivity contribution in [1.82, 2.24) is 0 Å². The fraction of sp³-hybridized carbons (Fsp3) is 0.222. The van der Waals surface area contributed by atoms with Crippen molar-refractivity contribution in [2.24, 2.45) is 0 Å². The predicted octanol–water partition coefficient (Wildman–Crippen LogP) is 4.98. The van der Waals surface area contributed by atoms with Gasteiger partial charge in [0, 0.05) is 22.9 Å². The Bertz CT molecular complexity index is 583. The van der Waals surface area contributed by atoms with E-state index in [-0.39, 0.29) is 0 Å². The molecular weight excluding hydrogens is 278 g/mol. The van der Waals surface area contributed by atoms with Crippen LogP contribution in [0.5, 0.6) is 5.75 Å². The van der Waals surface area contributed by atoms with Crippen molar-refractivity contribution in [3.05, 3.63) is 66.7 Å². The van der Waals surface area contributed by atoms with Crippen molar-refractivity contribution in [3.63, 3.8) is 0 Å². The summed E-state index contributed by atoms with van der Waals surface area (Å²) >= 11 is 1.79. The molecule has 0 atom stereocenters. The molecule has 0 heterocycles. The first kappa shape index (κ1) is 15.5. The first-order chi connectivity index (χ1) is 10.3. The fourth-order valence-electron chi connectivity index (χ4n) is 2.00. The van der Waals surface area contributed by atoms with Crippen LogP contribution in [0.3, 0.4) is 0 Å². The molecule has 0 aliphatic rings. The highest BCUT2D eigenvalue weighted by Crippen LogP contribution is 2.27. The molecule has 0 aromatic heterocycles. The summed E-state index contributed by atoms with van der Waals surface area (Å²) in [7, 11) is 0. The summed E-state index contributed by atoms with van der Waals surface area (Å²) in [5.41, 5.74) is 2.37. The zero-order valence-electron chi connectivity index (χ0n) is 12.3. The third-order valence-electron chi connectivity index (χ3n) is 2.94. The molecule has 0 unspecified atom stereocenters.